The molecule has 1 aromatic rings. The number of hydrogen-bond donors (Lipinski definition) is 1. The van der Waals surface area contributed by atoms with Crippen molar-refractivity contribution in [3.63, 3.8) is 0 Å². The second-order valence-electron chi connectivity index (χ2n) is 6.14. The van der Waals surface area contributed by atoms with Crippen molar-refractivity contribution >= 4 is 17.8 Å². The molecule has 0 aromatic heterocycles. The molecule has 2 atom stereocenters. The molecule has 22 heavy (non-hydrogen) atoms. The Hall–Kier alpha value is -2.21. The molecule has 2 aliphatic rings. The SMILES string of the molecule is CC1CC(C(=O)O)CN(CN2C(=O)c3ccccc3C2=O)C1. The maximum absolute atomic E-state index is 12.3. The van der Waals surface area contributed by atoms with Crippen molar-refractivity contribution in [2.45, 2.75) is 13.3 Å². The predicted molar refractivity (Wildman–Crippen MR) is 78.3 cm³/mol. The lowest BCUT2D eigenvalue weighted by Gasteiger charge is -2.36. The van der Waals surface area contributed by atoms with Gasteiger partial charge >= 0.3 is 5.97 Å². The monoisotopic (exact) mass is 302 g/mol. The molecule has 2 heterocycles. The number of carboxylic acids is 1. The summed E-state index contributed by atoms with van der Waals surface area (Å²) in [5.41, 5.74) is 0.847. The van der Waals surface area contributed by atoms with Gasteiger partial charge in [-0.25, -0.2) is 0 Å². The van der Waals surface area contributed by atoms with Gasteiger partial charge < -0.3 is 5.11 Å². The van der Waals surface area contributed by atoms with Gasteiger partial charge in [0.25, 0.3) is 11.8 Å². The van der Waals surface area contributed by atoms with E-state index in [1.54, 1.807) is 24.3 Å². The lowest BCUT2D eigenvalue weighted by atomic mass is 9.91. The van der Waals surface area contributed by atoms with E-state index in [0.717, 1.165) is 0 Å². The maximum atomic E-state index is 12.3. The largest absolute Gasteiger partial charge is 0.481 e. The first-order valence-electron chi connectivity index (χ1n) is 7.37. The zero-order valence-corrected chi connectivity index (χ0v) is 12.4. The van der Waals surface area contributed by atoms with Crippen LogP contribution in [-0.2, 0) is 4.79 Å². The van der Waals surface area contributed by atoms with Crippen molar-refractivity contribution in [2.24, 2.45) is 11.8 Å². The standard InChI is InChI=1S/C16H18N2O4/c1-10-6-11(16(21)22)8-17(7-10)9-18-14(19)12-4-2-3-5-13(12)15(18)20/h2-5,10-11H,6-9H2,1H3,(H,21,22). The van der Waals surface area contributed by atoms with E-state index in [-0.39, 0.29) is 24.4 Å². The normalized spacial score (nSPS) is 25.4. The first kappa shape index (κ1) is 14.7. The van der Waals surface area contributed by atoms with E-state index >= 15 is 0 Å². The fourth-order valence-corrected chi connectivity index (χ4v) is 3.32. The van der Waals surface area contributed by atoms with Gasteiger partial charge in [0.05, 0.1) is 23.7 Å². The van der Waals surface area contributed by atoms with Crippen LogP contribution in [0.3, 0.4) is 0 Å². The summed E-state index contributed by atoms with van der Waals surface area (Å²) in [4.78, 5) is 39.0. The number of aliphatic carboxylic acids is 1. The van der Waals surface area contributed by atoms with Crippen LogP contribution in [0.15, 0.2) is 24.3 Å². The first-order valence-corrected chi connectivity index (χ1v) is 7.37. The fraction of sp³-hybridized carbons (Fsp3) is 0.438. The summed E-state index contributed by atoms with van der Waals surface area (Å²) in [5, 5.41) is 9.21. The molecule has 2 amide bonds. The minimum absolute atomic E-state index is 0.153. The third-order valence-electron chi connectivity index (χ3n) is 4.30. The second kappa shape index (κ2) is 5.53. The smallest absolute Gasteiger partial charge is 0.307 e. The molecule has 0 bridgehead atoms. The molecule has 6 nitrogen and oxygen atoms in total. The number of rotatable bonds is 3. The summed E-state index contributed by atoms with van der Waals surface area (Å²) in [5.74, 6) is -1.64. The second-order valence-corrected chi connectivity index (χ2v) is 6.14. The molecule has 0 radical (unpaired) electrons. The summed E-state index contributed by atoms with van der Waals surface area (Å²) in [6.07, 6.45) is 0.633. The van der Waals surface area contributed by atoms with Gasteiger partial charge in [0.2, 0.25) is 0 Å². The van der Waals surface area contributed by atoms with Gasteiger partial charge in [0.1, 0.15) is 0 Å². The molecule has 2 unspecified atom stereocenters. The van der Waals surface area contributed by atoms with Crippen LogP contribution in [0.5, 0.6) is 0 Å². The van der Waals surface area contributed by atoms with E-state index in [4.69, 9.17) is 0 Å². The van der Waals surface area contributed by atoms with Gasteiger partial charge in [-0.1, -0.05) is 19.1 Å². The Kier molecular flexibility index (Phi) is 3.70. The van der Waals surface area contributed by atoms with Crippen LogP contribution in [0, 0.1) is 11.8 Å². The van der Waals surface area contributed by atoms with E-state index in [0.29, 0.717) is 30.6 Å². The van der Waals surface area contributed by atoms with Gasteiger partial charge in [0, 0.05) is 13.1 Å². The Morgan fingerprint density at radius 3 is 2.32 bits per heavy atom. The minimum Gasteiger partial charge on any atom is -0.481 e. The van der Waals surface area contributed by atoms with Crippen molar-refractivity contribution in [3.05, 3.63) is 35.4 Å². The van der Waals surface area contributed by atoms with Crippen LogP contribution in [0.2, 0.25) is 0 Å². The topological polar surface area (TPSA) is 77.9 Å². The van der Waals surface area contributed by atoms with Gasteiger partial charge in [-0.2, -0.15) is 0 Å². The molecular weight excluding hydrogens is 284 g/mol. The quantitative estimate of drug-likeness (QED) is 0.851. The number of benzene rings is 1. The molecule has 1 fully saturated rings. The average molecular weight is 302 g/mol. The summed E-state index contributed by atoms with van der Waals surface area (Å²) < 4.78 is 0. The van der Waals surface area contributed by atoms with Gasteiger partial charge in [0.15, 0.2) is 0 Å². The number of carboxylic acid groups (broad SMARTS) is 1. The minimum atomic E-state index is -0.820. The Balaban J connectivity index is 1.75. The molecule has 6 heteroatoms. The number of likely N-dealkylation sites (tertiary alicyclic amines) is 1. The molecule has 116 valence electrons. The Morgan fingerprint density at radius 2 is 1.77 bits per heavy atom. The summed E-state index contributed by atoms with van der Waals surface area (Å²) in [6.45, 7) is 3.20. The number of imide groups is 1. The first-order chi connectivity index (χ1) is 10.5. The average Bonchev–Trinajstić information content (AvgIpc) is 2.72. The molecular formula is C16H18N2O4. The van der Waals surface area contributed by atoms with Gasteiger partial charge in [-0.3, -0.25) is 24.2 Å². The third-order valence-corrected chi connectivity index (χ3v) is 4.30. The number of amides is 2. The zero-order valence-electron chi connectivity index (χ0n) is 12.4. The Labute approximate surface area is 128 Å². The van der Waals surface area contributed by atoms with Crippen LogP contribution < -0.4 is 0 Å². The fourth-order valence-electron chi connectivity index (χ4n) is 3.32. The molecule has 1 saturated heterocycles. The lowest BCUT2D eigenvalue weighted by Crippen LogP contribution is -2.48. The van der Waals surface area contributed by atoms with Crippen LogP contribution in [0.25, 0.3) is 0 Å². The van der Waals surface area contributed by atoms with Crippen molar-refractivity contribution in [3.8, 4) is 0 Å². The highest BCUT2D eigenvalue weighted by Gasteiger charge is 2.38. The third kappa shape index (κ3) is 2.50. The highest BCUT2D eigenvalue weighted by molar-refractivity contribution is 6.21. The maximum Gasteiger partial charge on any atom is 0.307 e. The predicted octanol–water partition coefficient (Wildman–Crippen LogP) is 1.28. The number of nitrogens with zero attached hydrogens (tertiary/aromatic N) is 2. The van der Waals surface area contributed by atoms with Crippen LogP contribution in [0.1, 0.15) is 34.1 Å². The highest BCUT2D eigenvalue weighted by atomic mass is 16.4. The summed E-state index contributed by atoms with van der Waals surface area (Å²) in [7, 11) is 0. The van der Waals surface area contributed by atoms with E-state index in [1.165, 1.54) is 4.90 Å². The number of hydrogen-bond acceptors (Lipinski definition) is 4. The van der Waals surface area contributed by atoms with Crippen molar-refractivity contribution < 1.29 is 19.5 Å². The molecule has 0 saturated carbocycles. The van der Waals surface area contributed by atoms with Crippen molar-refractivity contribution in [1.82, 2.24) is 9.80 Å². The number of carbonyl (C=O) groups is 3. The lowest BCUT2D eigenvalue weighted by molar-refractivity contribution is -0.144. The van der Waals surface area contributed by atoms with Gasteiger partial charge in [-0.05, 0) is 24.5 Å². The van der Waals surface area contributed by atoms with Crippen molar-refractivity contribution in [1.29, 1.82) is 0 Å². The number of fused-ring (bicyclic) bond motifs is 1. The van der Waals surface area contributed by atoms with E-state index in [9.17, 15) is 19.5 Å². The molecule has 3 rings (SSSR count). The number of piperidine rings is 1. The molecule has 1 N–H and O–H groups in total. The van der Waals surface area contributed by atoms with Gasteiger partial charge in [-0.15, -0.1) is 0 Å². The van der Waals surface area contributed by atoms with Crippen LogP contribution in [-0.4, -0.2) is 52.4 Å². The molecule has 1 aromatic carbocycles. The summed E-state index contributed by atoms with van der Waals surface area (Å²) >= 11 is 0. The van der Waals surface area contributed by atoms with Crippen LogP contribution in [0.4, 0.5) is 0 Å². The van der Waals surface area contributed by atoms with E-state index in [1.807, 2.05) is 11.8 Å². The molecule has 2 aliphatic heterocycles. The zero-order chi connectivity index (χ0) is 15.9. The number of carbonyl (C=O) groups excluding carboxylic acids is 2. The van der Waals surface area contributed by atoms with E-state index in [2.05, 4.69) is 0 Å². The molecule has 0 spiro atoms. The molecule has 0 aliphatic carbocycles. The highest BCUT2D eigenvalue weighted by Crippen LogP contribution is 2.26. The summed E-state index contributed by atoms with van der Waals surface area (Å²) in [6, 6.07) is 6.76. The Bertz CT molecular complexity index is 608. The Morgan fingerprint density at radius 1 is 1.18 bits per heavy atom. The van der Waals surface area contributed by atoms with Crippen molar-refractivity contribution in [2.75, 3.05) is 19.8 Å². The van der Waals surface area contributed by atoms with E-state index < -0.39 is 11.9 Å². The van der Waals surface area contributed by atoms with Crippen LogP contribution >= 0.6 is 0 Å².